The predicted octanol–water partition coefficient (Wildman–Crippen LogP) is 13.7. The molecule has 0 aliphatic heterocycles. The van der Waals surface area contributed by atoms with Crippen molar-refractivity contribution in [1.29, 1.82) is 0 Å². The molecule has 0 spiro atoms. The summed E-state index contributed by atoms with van der Waals surface area (Å²) in [7, 11) is 0. The lowest BCUT2D eigenvalue weighted by atomic mass is 9.85. The Morgan fingerprint density at radius 3 is 1.49 bits per heavy atom. The summed E-state index contributed by atoms with van der Waals surface area (Å²) in [5.41, 5.74) is 4.49. The molecule has 0 aliphatic carbocycles. The van der Waals surface area contributed by atoms with E-state index in [0.29, 0.717) is 21.9 Å². The van der Waals surface area contributed by atoms with E-state index in [1.165, 1.54) is 0 Å². The van der Waals surface area contributed by atoms with Gasteiger partial charge in [0, 0.05) is 16.2 Å². The Morgan fingerprint density at radius 1 is 0.347 bits per heavy atom. The lowest BCUT2D eigenvalue weighted by molar-refractivity contribution is 0.673. The summed E-state index contributed by atoms with van der Waals surface area (Å²) in [6.07, 6.45) is 0. The highest BCUT2D eigenvalue weighted by Gasteiger charge is 2.18. The first-order valence-electron chi connectivity index (χ1n) is 22.7. The Kier molecular flexibility index (Phi) is 3.87. The van der Waals surface area contributed by atoms with Gasteiger partial charge in [0.15, 0.2) is 0 Å². The second-order valence-corrected chi connectivity index (χ2v) is 11.8. The van der Waals surface area contributed by atoms with Crippen molar-refractivity contribution in [3.8, 4) is 44.5 Å². The smallest absolute Gasteiger partial charge is 0.143 e. The Balaban J connectivity index is 1.15. The van der Waals surface area contributed by atoms with Crippen LogP contribution in [0.1, 0.15) is 19.2 Å². The predicted molar refractivity (Wildman–Crippen MR) is 208 cm³/mol. The first kappa shape index (κ1) is 17.1. The number of hydrogen-bond acceptors (Lipinski definition) is 1. The fraction of sp³-hybridized carbons (Fsp3) is 0. The maximum atomic E-state index is 9.64. The van der Waals surface area contributed by atoms with Crippen LogP contribution in [0.3, 0.4) is 0 Å². The number of fused-ring (bicyclic) bond motifs is 7. The molecule has 0 N–H and O–H groups in total. The molecule has 1 heterocycles. The zero-order valence-corrected chi connectivity index (χ0v) is 25.6. The van der Waals surface area contributed by atoms with Gasteiger partial charge in [0.1, 0.15) is 11.2 Å². The SMILES string of the molecule is [2H]c1c([2H])c([2H])c(-c2ccc(-c3ccc(-c4c5ccccc5c(-c5c([2H])c([2H])c6c(oc7c8c([2H])c([2H])c([2H])c([2H])c8c([2H])c([2H])c76)c5[2H])c5ccccc45)cc3)cc2)c([2H])c1[2H]. The van der Waals surface area contributed by atoms with Gasteiger partial charge in [-0.2, -0.15) is 0 Å². The maximum Gasteiger partial charge on any atom is 0.143 e. The van der Waals surface area contributed by atoms with Crippen LogP contribution in [0.2, 0.25) is 0 Å². The molecule has 0 bridgehead atoms. The fourth-order valence-electron chi connectivity index (χ4n) is 6.79. The summed E-state index contributed by atoms with van der Waals surface area (Å²) in [4.78, 5) is 0. The van der Waals surface area contributed by atoms with Crippen molar-refractivity contribution in [1.82, 2.24) is 0 Å². The van der Waals surface area contributed by atoms with E-state index in [-0.39, 0.29) is 74.0 Å². The van der Waals surface area contributed by atoms with E-state index in [0.717, 1.165) is 33.0 Å². The van der Waals surface area contributed by atoms with E-state index < -0.39 is 54.4 Å². The molecule has 0 unspecified atom stereocenters. The van der Waals surface area contributed by atoms with Crippen LogP contribution >= 0.6 is 0 Å². The van der Waals surface area contributed by atoms with Crippen LogP contribution in [0.5, 0.6) is 0 Å². The van der Waals surface area contributed by atoms with Crippen molar-refractivity contribution >= 4 is 54.3 Å². The van der Waals surface area contributed by atoms with Gasteiger partial charge in [-0.1, -0.05) is 164 Å². The van der Waals surface area contributed by atoms with Gasteiger partial charge in [0.25, 0.3) is 0 Å². The third-order valence-corrected chi connectivity index (χ3v) is 9.05. The Hall–Kier alpha value is -6.44. The highest BCUT2D eigenvalue weighted by atomic mass is 16.3. The monoisotopic (exact) mass is 636 g/mol. The van der Waals surface area contributed by atoms with Gasteiger partial charge in [-0.25, -0.2) is 0 Å². The highest BCUT2D eigenvalue weighted by Crippen LogP contribution is 2.45. The Bertz CT molecular complexity index is 3570. The minimum atomic E-state index is -0.560. The standard InChI is InChI=1S/C48H30O/c1-2-10-31(11-3-1)32-18-20-33(21-19-32)34-22-24-36(25-23-34)46-40-14-6-8-16-42(40)47(43-17-9-7-15-41(43)46)37-27-28-39-44-29-26-35-12-4-5-13-38(35)48(44)49-45(39)30-37/h1-30H/i1D,2D,3D,4D,5D,10D,11D,12D,13D,26D,27D,28D,29D,30D. The molecule has 9 aromatic carbocycles. The van der Waals surface area contributed by atoms with Crippen LogP contribution in [0.4, 0.5) is 0 Å². The summed E-state index contributed by atoms with van der Waals surface area (Å²) in [5, 5.41) is 2.58. The quantitative estimate of drug-likeness (QED) is 0.175. The van der Waals surface area contributed by atoms with Gasteiger partial charge in [0.2, 0.25) is 0 Å². The molecule has 1 nitrogen and oxygen atoms in total. The molecular weight excluding hydrogens is 593 g/mol. The van der Waals surface area contributed by atoms with Crippen molar-refractivity contribution in [3.63, 3.8) is 0 Å². The maximum absolute atomic E-state index is 9.64. The molecule has 0 saturated carbocycles. The average Bonchev–Trinajstić information content (AvgIpc) is 3.71. The van der Waals surface area contributed by atoms with Crippen LogP contribution < -0.4 is 0 Å². The molecule has 0 atom stereocenters. The number of hydrogen-bond donors (Lipinski definition) is 0. The molecule has 10 rings (SSSR count). The number of benzene rings is 9. The van der Waals surface area contributed by atoms with Gasteiger partial charge in [-0.3, -0.25) is 0 Å². The lowest BCUT2D eigenvalue weighted by Crippen LogP contribution is -1.91. The van der Waals surface area contributed by atoms with Gasteiger partial charge >= 0.3 is 0 Å². The van der Waals surface area contributed by atoms with Crippen LogP contribution in [0, 0.1) is 0 Å². The second kappa shape index (κ2) is 11.1. The molecule has 0 fully saturated rings. The minimum Gasteiger partial charge on any atom is -0.455 e. The molecule has 0 saturated heterocycles. The topological polar surface area (TPSA) is 13.1 Å². The van der Waals surface area contributed by atoms with Crippen LogP contribution in [0.15, 0.2) is 186 Å². The molecule has 0 aliphatic rings. The summed E-state index contributed by atoms with van der Waals surface area (Å²) in [6, 6.07) is 24.7. The van der Waals surface area contributed by atoms with Crippen molar-refractivity contribution < 1.29 is 23.6 Å². The lowest BCUT2D eigenvalue weighted by Gasteiger charge is -2.18. The largest absolute Gasteiger partial charge is 0.455 e. The molecule has 228 valence electrons. The third kappa shape index (κ3) is 4.47. The zero-order valence-electron chi connectivity index (χ0n) is 39.6. The number of furan rings is 1. The molecule has 10 aromatic rings. The van der Waals surface area contributed by atoms with Gasteiger partial charge < -0.3 is 4.42 Å². The summed E-state index contributed by atoms with van der Waals surface area (Å²) >= 11 is 0. The van der Waals surface area contributed by atoms with Crippen LogP contribution in [-0.4, -0.2) is 0 Å². The molecule has 1 heteroatoms. The average molecular weight is 637 g/mol. The Morgan fingerprint density at radius 2 is 0.857 bits per heavy atom. The Labute approximate surface area is 304 Å². The second-order valence-electron chi connectivity index (χ2n) is 11.8. The fourth-order valence-corrected chi connectivity index (χ4v) is 6.79. The van der Waals surface area contributed by atoms with E-state index in [4.69, 9.17) is 19.5 Å². The molecular formula is C48H30O. The summed E-state index contributed by atoms with van der Waals surface area (Å²) in [6.45, 7) is 0. The highest BCUT2D eigenvalue weighted by molar-refractivity contribution is 6.22. The van der Waals surface area contributed by atoms with E-state index in [2.05, 4.69) is 0 Å². The van der Waals surface area contributed by atoms with E-state index in [9.17, 15) is 4.11 Å². The van der Waals surface area contributed by atoms with Crippen molar-refractivity contribution in [2.75, 3.05) is 0 Å². The molecule has 1 aromatic heterocycles. The minimum absolute atomic E-state index is 0.0504. The van der Waals surface area contributed by atoms with Crippen LogP contribution in [0.25, 0.3) is 98.8 Å². The molecule has 0 radical (unpaired) electrons. The normalized spacial score (nSPS) is 15.7. The first-order valence-corrected chi connectivity index (χ1v) is 15.7. The molecule has 0 amide bonds. The number of rotatable bonds is 4. The van der Waals surface area contributed by atoms with E-state index in [1.54, 1.807) is 12.1 Å². The van der Waals surface area contributed by atoms with Crippen molar-refractivity contribution in [2.24, 2.45) is 0 Å². The van der Waals surface area contributed by atoms with E-state index in [1.807, 2.05) is 84.9 Å². The summed E-state index contributed by atoms with van der Waals surface area (Å²) in [5.74, 6) is 0. The van der Waals surface area contributed by atoms with Crippen molar-refractivity contribution in [2.45, 2.75) is 0 Å². The van der Waals surface area contributed by atoms with E-state index >= 15 is 0 Å². The first-order chi connectivity index (χ1) is 30.1. The zero-order chi connectivity index (χ0) is 44.5. The third-order valence-electron chi connectivity index (χ3n) is 9.05. The van der Waals surface area contributed by atoms with Gasteiger partial charge in [-0.15, -0.1) is 0 Å². The summed E-state index contributed by atoms with van der Waals surface area (Å²) < 4.78 is 127. The molecule has 49 heavy (non-hydrogen) atoms. The van der Waals surface area contributed by atoms with Gasteiger partial charge in [0.05, 0.1) is 19.2 Å². The van der Waals surface area contributed by atoms with Crippen molar-refractivity contribution in [3.05, 3.63) is 182 Å². The van der Waals surface area contributed by atoms with Gasteiger partial charge in [-0.05, 0) is 89.6 Å². The van der Waals surface area contributed by atoms with Crippen LogP contribution in [-0.2, 0) is 0 Å².